The van der Waals surface area contributed by atoms with Gasteiger partial charge in [-0.2, -0.15) is 0 Å². The van der Waals surface area contributed by atoms with Crippen molar-refractivity contribution >= 4 is 5.78 Å². The summed E-state index contributed by atoms with van der Waals surface area (Å²) in [5, 5.41) is 3.33. The van der Waals surface area contributed by atoms with Gasteiger partial charge in [0.15, 0.2) is 5.78 Å². The minimum Gasteiger partial charge on any atom is -0.309 e. The molecule has 0 atom stereocenters. The summed E-state index contributed by atoms with van der Waals surface area (Å²) in [4.78, 5) is 12.9. The molecule has 21 heavy (non-hydrogen) atoms. The Bertz CT molecular complexity index is 700. The van der Waals surface area contributed by atoms with Crippen LogP contribution < -0.4 is 5.32 Å². The van der Waals surface area contributed by atoms with E-state index in [-0.39, 0.29) is 5.78 Å². The van der Waals surface area contributed by atoms with Crippen molar-refractivity contribution in [1.82, 2.24) is 5.32 Å². The maximum absolute atomic E-state index is 12.9. The van der Waals surface area contributed by atoms with Crippen LogP contribution in [0.5, 0.6) is 0 Å². The third-order valence-corrected chi connectivity index (χ3v) is 4.85. The van der Waals surface area contributed by atoms with Gasteiger partial charge in [-0.15, -0.1) is 0 Å². The van der Waals surface area contributed by atoms with Crippen LogP contribution in [0.25, 0.3) is 0 Å². The van der Waals surface area contributed by atoms with Crippen molar-refractivity contribution in [1.29, 1.82) is 0 Å². The Morgan fingerprint density at radius 3 is 2.62 bits per heavy atom. The van der Waals surface area contributed by atoms with E-state index in [1.165, 1.54) is 36.0 Å². The summed E-state index contributed by atoms with van der Waals surface area (Å²) >= 11 is 0. The molecule has 1 N–H and O–H groups in total. The SMILES string of the molecule is O=C(c1ccc2c(c1)CNC2)c1ccccc1C1CCC1. The quantitative estimate of drug-likeness (QED) is 0.865. The highest BCUT2D eigenvalue weighted by molar-refractivity contribution is 6.10. The second kappa shape index (κ2) is 5.12. The molecule has 1 aliphatic carbocycles. The first-order valence-electron chi connectivity index (χ1n) is 7.79. The molecule has 0 spiro atoms. The molecule has 4 rings (SSSR count). The van der Waals surface area contributed by atoms with E-state index in [0.717, 1.165) is 24.2 Å². The van der Waals surface area contributed by atoms with Gasteiger partial charge < -0.3 is 5.32 Å². The number of hydrogen-bond donors (Lipinski definition) is 1. The molecular formula is C19H19NO. The van der Waals surface area contributed by atoms with Gasteiger partial charge in [-0.25, -0.2) is 0 Å². The molecule has 2 aromatic carbocycles. The van der Waals surface area contributed by atoms with Crippen LogP contribution in [-0.4, -0.2) is 5.78 Å². The Balaban J connectivity index is 1.71. The van der Waals surface area contributed by atoms with Crippen LogP contribution in [0, 0.1) is 0 Å². The third kappa shape index (κ3) is 2.20. The van der Waals surface area contributed by atoms with Gasteiger partial charge in [0.2, 0.25) is 0 Å². The molecule has 0 amide bonds. The predicted octanol–water partition coefficient (Wildman–Crippen LogP) is 3.79. The number of fused-ring (bicyclic) bond motifs is 1. The minimum atomic E-state index is 0.173. The molecule has 0 aromatic heterocycles. The Hall–Kier alpha value is -1.93. The van der Waals surface area contributed by atoms with Crippen molar-refractivity contribution in [3.8, 4) is 0 Å². The summed E-state index contributed by atoms with van der Waals surface area (Å²) in [6, 6.07) is 14.3. The van der Waals surface area contributed by atoms with Crippen LogP contribution in [0.1, 0.15) is 57.8 Å². The second-order valence-corrected chi connectivity index (χ2v) is 6.13. The first-order chi connectivity index (χ1) is 10.3. The van der Waals surface area contributed by atoms with Gasteiger partial charge in [0.25, 0.3) is 0 Å². The minimum absolute atomic E-state index is 0.173. The first-order valence-corrected chi connectivity index (χ1v) is 7.79. The Morgan fingerprint density at radius 1 is 1.00 bits per heavy atom. The lowest BCUT2D eigenvalue weighted by Gasteiger charge is -2.27. The maximum atomic E-state index is 12.9. The van der Waals surface area contributed by atoms with Crippen molar-refractivity contribution in [2.75, 3.05) is 0 Å². The Kier molecular flexibility index (Phi) is 3.12. The van der Waals surface area contributed by atoms with Gasteiger partial charge in [-0.3, -0.25) is 4.79 Å². The molecule has 0 unspecified atom stereocenters. The predicted molar refractivity (Wildman–Crippen MR) is 83.5 cm³/mol. The van der Waals surface area contributed by atoms with E-state index in [1.54, 1.807) is 0 Å². The molecule has 2 heteroatoms. The first kappa shape index (κ1) is 12.8. The van der Waals surface area contributed by atoms with Gasteiger partial charge >= 0.3 is 0 Å². The smallest absolute Gasteiger partial charge is 0.193 e. The molecule has 1 aliphatic heterocycles. The molecule has 0 saturated heterocycles. The Labute approximate surface area is 125 Å². The molecule has 2 aliphatic rings. The van der Waals surface area contributed by atoms with E-state index in [2.05, 4.69) is 29.6 Å². The van der Waals surface area contributed by atoms with E-state index in [9.17, 15) is 4.79 Å². The van der Waals surface area contributed by atoms with Crippen molar-refractivity contribution in [2.24, 2.45) is 0 Å². The lowest BCUT2D eigenvalue weighted by Crippen LogP contribution is -2.14. The molecule has 1 heterocycles. The fourth-order valence-corrected chi connectivity index (χ4v) is 3.37. The number of carbonyl (C=O) groups is 1. The fraction of sp³-hybridized carbons (Fsp3) is 0.316. The zero-order chi connectivity index (χ0) is 14.2. The molecule has 0 radical (unpaired) electrons. The summed E-state index contributed by atoms with van der Waals surface area (Å²) in [6.07, 6.45) is 3.73. The van der Waals surface area contributed by atoms with Crippen molar-refractivity contribution < 1.29 is 4.79 Å². The number of rotatable bonds is 3. The number of ketones is 1. The highest BCUT2D eigenvalue weighted by Gasteiger charge is 2.25. The summed E-state index contributed by atoms with van der Waals surface area (Å²) in [5.41, 5.74) is 5.55. The summed E-state index contributed by atoms with van der Waals surface area (Å²) in [5.74, 6) is 0.758. The number of hydrogen-bond acceptors (Lipinski definition) is 2. The van der Waals surface area contributed by atoms with E-state index >= 15 is 0 Å². The number of benzene rings is 2. The molecule has 2 nitrogen and oxygen atoms in total. The van der Waals surface area contributed by atoms with Crippen LogP contribution >= 0.6 is 0 Å². The Morgan fingerprint density at radius 2 is 1.81 bits per heavy atom. The average Bonchev–Trinajstić information content (AvgIpc) is 2.92. The second-order valence-electron chi connectivity index (χ2n) is 6.13. The van der Waals surface area contributed by atoms with Crippen LogP contribution in [0.3, 0.4) is 0 Å². The number of nitrogens with one attached hydrogen (secondary N) is 1. The zero-order valence-electron chi connectivity index (χ0n) is 12.1. The van der Waals surface area contributed by atoms with E-state index < -0.39 is 0 Å². The van der Waals surface area contributed by atoms with Gasteiger partial charge in [0, 0.05) is 24.2 Å². The normalized spacial score (nSPS) is 17.3. The van der Waals surface area contributed by atoms with Crippen molar-refractivity contribution in [2.45, 2.75) is 38.3 Å². The van der Waals surface area contributed by atoms with Crippen LogP contribution in [0.4, 0.5) is 0 Å². The third-order valence-electron chi connectivity index (χ3n) is 4.85. The topological polar surface area (TPSA) is 29.1 Å². The van der Waals surface area contributed by atoms with Gasteiger partial charge in [0.05, 0.1) is 0 Å². The average molecular weight is 277 g/mol. The summed E-state index contributed by atoms with van der Waals surface area (Å²) < 4.78 is 0. The molecule has 0 bridgehead atoms. The molecule has 1 fully saturated rings. The largest absolute Gasteiger partial charge is 0.309 e. The van der Waals surface area contributed by atoms with Crippen LogP contribution in [-0.2, 0) is 13.1 Å². The highest BCUT2D eigenvalue weighted by Crippen LogP contribution is 2.38. The zero-order valence-corrected chi connectivity index (χ0v) is 12.1. The van der Waals surface area contributed by atoms with Crippen molar-refractivity contribution in [3.05, 3.63) is 70.3 Å². The van der Waals surface area contributed by atoms with Crippen LogP contribution in [0.2, 0.25) is 0 Å². The van der Waals surface area contributed by atoms with Gasteiger partial charge in [-0.1, -0.05) is 42.8 Å². The van der Waals surface area contributed by atoms with E-state index in [4.69, 9.17) is 0 Å². The fourth-order valence-electron chi connectivity index (χ4n) is 3.37. The van der Waals surface area contributed by atoms with E-state index in [0.29, 0.717) is 5.92 Å². The number of carbonyl (C=O) groups excluding carboxylic acids is 1. The van der Waals surface area contributed by atoms with Crippen molar-refractivity contribution in [3.63, 3.8) is 0 Å². The monoisotopic (exact) mass is 277 g/mol. The molecule has 106 valence electrons. The molecule has 1 saturated carbocycles. The van der Waals surface area contributed by atoms with Crippen LogP contribution in [0.15, 0.2) is 42.5 Å². The molecular weight excluding hydrogens is 258 g/mol. The highest BCUT2D eigenvalue weighted by atomic mass is 16.1. The standard InChI is InChI=1S/C19H19NO/c21-19(14-8-9-15-11-20-12-16(15)10-14)18-7-2-1-6-17(18)13-4-3-5-13/h1-2,6-10,13,20H,3-5,11-12H2. The lowest BCUT2D eigenvalue weighted by molar-refractivity contribution is 0.103. The molecule has 2 aromatic rings. The van der Waals surface area contributed by atoms with E-state index in [1.807, 2.05) is 18.2 Å². The van der Waals surface area contributed by atoms with Gasteiger partial charge in [0.1, 0.15) is 0 Å². The van der Waals surface area contributed by atoms with Gasteiger partial charge in [-0.05, 0) is 41.5 Å². The maximum Gasteiger partial charge on any atom is 0.193 e. The lowest BCUT2D eigenvalue weighted by atomic mass is 9.77. The summed E-state index contributed by atoms with van der Waals surface area (Å²) in [6.45, 7) is 1.79. The summed E-state index contributed by atoms with van der Waals surface area (Å²) in [7, 11) is 0.